The fourth-order valence-electron chi connectivity index (χ4n) is 1.43. The predicted molar refractivity (Wildman–Crippen MR) is 66.0 cm³/mol. The van der Waals surface area contributed by atoms with Gasteiger partial charge in [0.25, 0.3) is 5.91 Å². The van der Waals surface area contributed by atoms with E-state index in [4.69, 9.17) is 28.9 Å². The Morgan fingerprint density at radius 2 is 2.06 bits per heavy atom. The first kappa shape index (κ1) is 11.6. The number of hydrogen-bond donors (Lipinski definition) is 2. The Morgan fingerprint density at radius 3 is 2.62 bits per heavy atom. The molecule has 1 saturated carbocycles. The zero-order valence-electron chi connectivity index (χ0n) is 8.81. The molecule has 3 N–H and O–H groups in total. The van der Waals surface area contributed by atoms with Crippen LogP contribution in [0.5, 0.6) is 0 Å². The summed E-state index contributed by atoms with van der Waals surface area (Å²) in [5.41, 5.74) is 6.30. The lowest BCUT2D eigenvalue weighted by Gasteiger charge is -2.13. The first-order valence-corrected chi connectivity index (χ1v) is 5.74. The first-order chi connectivity index (χ1) is 7.41. The number of nitrogens with two attached hydrogens (primary N) is 1. The van der Waals surface area contributed by atoms with Gasteiger partial charge in [-0.25, -0.2) is 0 Å². The van der Waals surface area contributed by atoms with E-state index < -0.39 is 0 Å². The van der Waals surface area contributed by atoms with Crippen LogP contribution in [-0.2, 0) is 0 Å². The first-order valence-electron chi connectivity index (χ1n) is 4.98. The molecule has 5 heteroatoms. The van der Waals surface area contributed by atoms with E-state index in [1.165, 1.54) is 12.1 Å². The number of nitrogens with one attached hydrogen (secondary N) is 1. The van der Waals surface area contributed by atoms with Crippen LogP contribution in [0.1, 0.15) is 30.1 Å². The van der Waals surface area contributed by atoms with Gasteiger partial charge < -0.3 is 11.1 Å². The lowest BCUT2D eigenvalue weighted by Crippen LogP contribution is -2.34. The summed E-state index contributed by atoms with van der Waals surface area (Å²) >= 11 is 11.8. The molecule has 1 aliphatic carbocycles. The Bertz CT molecular complexity index is 456. The third-order valence-electron chi connectivity index (χ3n) is 2.71. The van der Waals surface area contributed by atoms with Crippen molar-refractivity contribution in [2.75, 3.05) is 5.73 Å². The van der Waals surface area contributed by atoms with Gasteiger partial charge in [0.05, 0.1) is 15.6 Å². The van der Waals surface area contributed by atoms with E-state index >= 15 is 0 Å². The number of amides is 1. The molecule has 0 bridgehead atoms. The number of rotatable bonds is 2. The number of benzene rings is 1. The second-order valence-corrected chi connectivity index (χ2v) is 5.16. The molecule has 1 amide bonds. The van der Waals surface area contributed by atoms with Crippen LogP contribution in [-0.4, -0.2) is 11.4 Å². The minimum Gasteiger partial charge on any atom is -0.399 e. The van der Waals surface area contributed by atoms with Gasteiger partial charge in [0.2, 0.25) is 0 Å². The predicted octanol–water partition coefficient (Wildman–Crippen LogP) is 2.86. The molecular formula is C11H12Cl2N2O. The SMILES string of the molecule is CC1(NC(=O)c2cc(N)cc(Cl)c2Cl)CC1. The van der Waals surface area contributed by atoms with Crippen LogP contribution in [0.25, 0.3) is 0 Å². The number of carbonyl (C=O) groups is 1. The molecular weight excluding hydrogens is 247 g/mol. The van der Waals surface area contributed by atoms with Gasteiger partial charge in [-0.3, -0.25) is 4.79 Å². The van der Waals surface area contributed by atoms with Crippen LogP contribution in [0.2, 0.25) is 10.0 Å². The minimum atomic E-state index is -0.223. The van der Waals surface area contributed by atoms with Crippen LogP contribution in [0.3, 0.4) is 0 Å². The Hall–Kier alpha value is -0.930. The maximum Gasteiger partial charge on any atom is 0.253 e. The van der Waals surface area contributed by atoms with Gasteiger partial charge in [-0.05, 0) is 31.9 Å². The summed E-state index contributed by atoms with van der Waals surface area (Å²) in [7, 11) is 0. The van der Waals surface area contributed by atoms with E-state index in [2.05, 4.69) is 5.32 Å². The summed E-state index contributed by atoms with van der Waals surface area (Å²) in [6.45, 7) is 1.99. The Morgan fingerprint density at radius 1 is 1.44 bits per heavy atom. The molecule has 0 radical (unpaired) electrons. The molecule has 0 spiro atoms. The zero-order valence-corrected chi connectivity index (χ0v) is 10.3. The maximum atomic E-state index is 11.9. The minimum absolute atomic E-state index is 0.0858. The van der Waals surface area contributed by atoms with E-state index in [1.807, 2.05) is 6.92 Å². The molecule has 1 aromatic rings. The molecule has 3 nitrogen and oxygen atoms in total. The highest BCUT2D eigenvalue weighted by Gasteiger charge is 2.39. The number of hydrogen-bond acceptors (Lipinski definition) is 2. The van der Waals surface area contributed by atoms with Crippen LogP contribution in [0.4, 0.5) is 5.69 Å². The average molecular weight is 259 g/mol. The van der Waals surface area contributed by atoms with E-state index in [9.17, 15) is 4.79 Å². The van der Waals surface area contributed by atoms with Gasteiger partial charge in [-0.2, -0.15) is 0 Å². The number of halogens is 2. The smallest absolute Gasteiger partial charge is 0.253 e. The Labute approximate surface area is 104 Å². The van der Waals surface area contributed by atoms with Crippen molar-refractivity contribution in [3.05, 3.63) is 27.7 Å². The normalized spacial score (nSPS) is 16.9. The fraction of sp³-hybridized carbons (Fsp3) is 0.364. The van der Waals surface area contributed by atoms with E-state index in [-0.39, 0.29) is 16.5 Å². The Balaban J connectivity index is 2.28. The van der Waals surface area contributed by atoms with Crippen LogP contribution >= 0.6 is 23.2 Å². The van der Waals surface area contributed by atoms with Gasteiger partial charge >= 0.3 is 0 Å². The lowest BCUT2D eigenvalue weighted by molar-refractivity contribution is 0.0935. The van der Waals surface area contributed by atoms with Crippen molar-refractivity contribution >= 4 is 34.8 Å². The lowest BCUT2D eigenvalue weighted by atomic mass is 10.1. The van der Waals surface area contributed by atoms with Crippen molar-refractivity contribution in [1.29, 1.82) is 0 Å². The summed E-state index contributed by atoms with van der Waals surface area (Å²) in [5.74, 6) is -0.223. The highest BCUT2D eigenvalue weighted by Crippen LogP contribution is 2.35. The molecule has 0 unspecified atom stereocenters. The molecule has 1 aliphatic rings. The third-order valence-corrected chi connectivity index (χ3v) is 3.51. The summed E-state index contributed by atoms with van der Waals surface area (Å²) in [6, 6.07) is 3.06. The molecule has 0 aliphatic heterocycles. The fourth-order valence-corrected chi connectivity index (χ4v) is 1.85. The quantitative estimate of drug-likeness (QED) is 0.802. The zero-order chi connectivity index (χ0) is 11.9. The molecule has 0 atom stereocenters. The molecule has 0 aromatic heterocycles. The largest absolute Gasteiger partial charge is 0.399 e. The van der Waals surface area contributed by atoms with Crippen molar-refractivity contribution in [2.24, 2.45) is 0 Å². The van der Waals surface area contributed by atoms with Crippen molar-refractivity contribution in [1.82, 2.24) is 5.32 Å². The van der Waals surface area contributed by atoms with Crippen molar-refractivity contribution < 1.29 is 4.79 Å². The van der Waals surface area contributed by atoms with E-state index in [1.54, 1.807) is 0 Å². The third kappa shape index (κ3) is 2.25. The second-order valence-electron chi connectivity index (χ2n) is 4.38. The second kappa shape index (κ2) is 3.82. The molecule has 1 fully saturated rings. The van der Waals surface area contributed by atoms with Crippen LogP contribution in [0.15, 0.2) is 12.1 Å². The van der Waals surface area contributed by atoms with Gasteiger partial charge in [0.1, 0.15) is 0 Å². The summed E-state index contributed by atoms with van der Waals surface area (Å²) < 4.78 is 0. The van der Waals surface area contributed by atoms with Crippen molar-refractivity contribution in [3.8, 4) is 0 Å². The van der Waals surface area contributed by atoms with Gasteiger partial charge in [-0.15, -0.1) is 0 Å². The van der Waals surface area contributed by atoms with Crippen LogP contribution < -0.4 is 11.1 Å². The summed E-state index contributed by atoms with van der Waals surface area (Å²) in [6.07, 6.45) is 1.98. The maximum absolute atomic E-state index is 11.9. The monoisotopic (exact) mass is 258 g/mol. The summed E-state index contributed by atoms with van der Waals surface area (Å²) in [4.78, 5) is 11.9. The number of anilines is 1. The Kier molecular flexibility index (Phi) is 2.76. The van der Waals surface area contributed by atoms with Crippen molar-refractivity contribution in [2.45, 2.75) is 25.3 Å². The molecule has 86 valence electrons. The van der Waals surface area contributed by atoms with Gasteiger partial charge in [0, 0.05) is 11.2 Å². The van der Waals surface area contributed by atoms with Crippen molar-refractivity contribution in [3.63, 3.8) is 0 Å². The topological polar surface area (TPSA) is 55.1 Å². The molecule has 2 rings (SSSR count). The average Bonchev–Trinajstić information content (AvgIpc) is 2.89. The van der Waals surface area contributed by atoms with Gasteiger partial charge in [0.15, 0.2) is 0 Å². The highest BCUT2D eigenvalue weighted by atomic mass is 35.5. The molecule has 1 aromatic carbocycles. The number of carbonyl (C=O) groups excluding carboxylic acids is 1. The van der Waals surface area contributed by atoms with E-state index in [0.717, 1.165) is 12.8 Å². The van der Waals surface area contributed by atoms with Gasteiger partial charge in [-0.1, -0.05) is 23.2 Å². The van der Waals surface area contributed by atoms with Crippen LogP contribution in [0, 0.1) is 0 Å². The number of nitrogen functional groups attached to an aromatic ring is 1. The standard InChI is InChI=1S/C11H12Cl2N2O/c1-11(2-3-11)15-10(16)7-4-6(14)5-8(12)9(7)13/h4-5H,2-3,14H2,1H3,(H,15,16). The molecule has 16 heavy (non-hydrogen) atoms. The van der Waals surface area contributed by atoms with E-state index in [0.29, 0.717) is 16.3 Å². The molecule has 0 saturated heterocycles. The highest BCUT2D eigenvalue weighted by molar-refractivity contribution is 6.44. The molecule has 0 heterocycles. The summed E-state index contributed by atoms with van der Waals surface area (Å²) in [5, 5.41) is 3.45.